The van der Waals surface area contributed by atoms with Crippen molar-refractivity contribution in [3.05, 3.63) is 88.8 Å². The van der Waals surface area contributed by atoms with Crippen molar-refractivity contribution in [1.29, 1.82) is 0 Å². The van der Waals surface area contributed by atoms with E-state index in [1.807, 2.05) is 36.4 Å². The van der Waals surface area contributed by atoms with Gasteiger partial charge in [-0.05, 0) is 78.2 Å². The molecule has 2 N–H and O–H groups in total. The van der Waals surface area contributed by atoms with E-state index in [9.17, 15) is 4.79 Å². The average Bonchev–Trinajstić information content (AvgIpc) is 2.84. The number of fused-ring (bicyclic) bond motifs is 2. The number of methoxy groups -OCH3 is 1. The Morgan fingerprint density at radius 3 is 2.79 bits per heavy atom. The Labute approximate surface area is 197 Å². The Morgan fingerprint density at radius 2 is 1.97 bits per heavy atom. The summed E-state index contributed by atoms with van der Waals surface area (Å²) in [6.07, 6.45) is 5.99. The van der Waals surface area contributed by atoms with Gasteiger partial charge in [0.05, 0.1) is 19.0 Å². The van der Waals surface area contributed by atoms with E-state index >= 15 is 0 Å². The van der Waals surface area contributed by atoms with E-state index in [4.69, 9.17) is 16.3 Å². The zero-order chi connectivity index (χ0) is 22.8. The van der Waals surface area contributed by atoms with Crippen molar-refractivity contribution in [2.24, 2.45) is 0 Å². The van der Waals surface area contributed by atoms with E-state index in [0.29, 0.717) is 16.5 Å². The molecule has 1 amide bonds. The molecule has 7 heteroatoms. The Bertz CT molecular complexity index is 1320. The standard InChI is InChI=1S/C26H23ClN4O2/c1-33-22-8-4-17-12-20(6-3-18(17)13-22)31-26(32)24-9-7-21(15-29-24)30-25-23-14-19(27)5-2-16(23)10-11-28-25/h2,4-5,7-11,13-15,20H,3,6,12H2,1H3,(H,28,30)(H,31,32)/t20-/m0/s1. The van der Waals surface area contributed by atoms with E-state index in [0.717, 1.165) is 41.5 Å². The second kappa shape index (κ2) is 9.08. The third-order valence-electron chi connectivity index (χ3n) is 5.96. The number of hydrogen-bond acceptors (Lipinski definition) is 5. The number of aryl methyl sites for hydroxylation is 1. The maximum absolute atomic E-state index is 12.8. The summed E-state index contributed by atoms with van der Waals surface area (Å²) < 4.78 is 5.31. The Balaban J connectivity index is 1.25. The lowest BCUT2D eigenvalue weighted by molar-refractivity contribution is 0.0928. The summed E-state index contributed by atoms with van der Waals surface area (Å²) in [7, 11) is 1.68. The van der Waals surface area contributed by atoms with Gasteiger partial charge >= 0.3 is 0 Å². The molecular formula is C26H23ClN4O2. The van der Waals surface area contributed by atoms with Crippen LogP contribution in [0, 0.1) is 0 Å². The quantitative estimate of drug-likeness (QED) is 0.423. The van der Waals surface area contributed by atoms with Crippen LogP contribution in [-0.2, 0) is 12.8 Å². The number of pyridine rings is 2. The largest absolute Gasteiger partial charge is 0.497 e. The molecule has 0 unspecified atom stereocenters. The summed E-state index contributed by atoms with van der Waals surface area (Å²) in [6, 6.07) is 17.4. The van der Waals surface area contributed by atoms with Crippen LogP contribution in [0.3, 0.4) is 0 Å². The molecule has 33 heavy (non-hydrogen) atoms. The topological polar surface area (TPSA) is 76.1 Å². The van der Waals surface area contributed by atoms with E-state index in [1.54, 1.807) is 25.6 Å². The van der Waals surface area contributed by atoms with Crippen LogP contribution in [0.2, 0.25) is 5.02 Å². The summed E-state index contributed by atoms with van der Waals surface area (Å²) in [5, 5.41) is 8.99. The summed E-state index contributed by atoms with van der Waals surface area (Å²) >= 11 is 6.15. The molecule has 2 aromatic carbocycles. The molecule has 4 aromatic rings. The molecule has 0 spiro atoms. The molecule has 0 fully saturated rings. The first-order chi connectivity index (χ1) is 16.1. The van der Waals surface area contributed by atoms with Crippen LogP contribution in [0.5, 0.6) is 5.75 Å². The highest BCUT2D eigenvalue weighted by Crippen LogP contribution is 2.27. The zero-order valence-electron chi connectivity index (χ0n) is 18.1. The monoisotopic (exact) mass is 458 g/mol. The van der Waals surface area contributed by atoms with Crippen molar-refractivity contribution in [2.45, 2.75) is 25.3 Å². The maximum Gasteiger partial charge on any atom is 0.270 e. The highest BCUT2D eigenvalue weighted by molar-refractivity contribution is 6.31. The number of anilines is 2. The van der Waals surface area contributed by atoms with Crippen LogP contribution in [0.4, 0.5) is 11.5 Å². The molecule has 2 heterocycles. The van der Waals surface area contributed by atoms with Crippen molar-refractivity contribution < 1.29 is 9.53 Å². The van der Waals surface area contributed by atoms with Crippen LogP contribution in [0.15, 0.2) is 67.0 Å². The van der Waals surface area contributed by atoms with Gasteiger partial charge in [0.2, 0.25) is 0 Å². The van der Waals surface area contributed by atoms with Gasteiger partial charge in [-0.3, -0.25) is 4.79 Å². The fourth-order valence-electron chi connectivity index (χ4n) is 4.22. The number of carbonyl (C=O) groups is 1. The minimum atomic E-state index is -0.168. The van der Waals surface area contributed by atoms with E-state index in [2.05, 4.69) is 32.7 Å². The van der Waals surface area contributed by atoms with Crippen LogP contribution >= 0.6 is 11.6 Å². The summed E-state index contributed by atoms with van der Waals surface area (Å²) in [4.78, 5) is 21.5. The third-order valence-corrected chi connectivity index (χ3v) is 6.20. The van der Waals surface area contributed by atoms with Crippen molar-refractivity contribution in [1.82, 2.24) is 15.3 Å². The van der Waals surface area contributed by atoms with Gasteiger partial charge in [0.25, 0.3) is 5.91 Å². The lowest BCUT2D eigenvalue weighted by atomic mass is 9.88. The molecular weight excluding hydrogens is 436 g/mol. The number of aromatic nitrogens is 2. The van der Waals surface area contributed by atoms with E-state index in [-0.39, 0.29) is 11.9 Å². The van der Waals surface area contributed by atoms with Gasteiger partial charge in [-0.15, -0.1) is 0 Å². The van der Waals surface area contributed by atoms with Crippen LogP contribution in [-0.4, -0.2) is 29.0 Å². The number of amides is 1. The molecule has 2 aromatic heterocycles. The first kappa shape index (κ1) is 21.2. The van der Waals surface area contributed by atoms with Gasteiger partial charge < -0.3 is 15.4 Å². The summed E-state index contributed by atoms with van der Waals surface area (Å²) in [5.74, 6) is 1.39. The molecule has 6 nitrogen and oxygen atoms in total. The van der Waals surface area contributed by atoms with Gasteiger partial charge in [-0.1, -0.05) is 23.7 Å². The smallest absolute Gasteiger partial charge is 0.270 e. The van der Waals surface area contributed by atoms with Crippen LogP contribution < -0.4 is 15.4 Å². The number of halogens is 1. The molecule has 1 aliphatic rings. The van der Waals surface area contributed by atoms with Crippen molar-refractivity contribution in [3.8, 4) is 5.75 Å². The molecule has 0 saturated heterocycles. The minimum absolute atomic E-state index is 0.0858. The summed E-state index contributed by atoms with van der Waals surface area (Å²) in [5.41, 5.74) is 3.67. The SMILES string of the molecule is COc1ccc2c(c1)CC[C@H](NC(=O)c1ccc(Nc3nccc4ccc(Cl)cc34)cn1)C2. The first-order valence-electron chi connectivity index (χ1n) is 10.8. The second-order valence-corrected chi connectivity index (χ2v) is 8.57. The molecule has 166 valence electrons. The predicted octanol–water partition coefficient (Wildman–Crippen LogP) is 5.32. The number of hydrogen-bond donors (Lipinski definition) is 2. The van der Waals surface area contributed by atoms with Gasteiger partial charge in [0.15, 0.2) is 0 Å². The normalized spacial score (nSPS) is 15.0. The number of nitrogens with zero attached hydrogens (tertiary/aromatic N) is 2. The Kier molecular flexibility index (Phi) is 5.84. The predicted molar refractivity (Wildman–Crippen MR) is 131 cm³/mol. The van der Waals surface area contributed by atoms with Crippen LogP contribution in [0.1, 0.15) is 28.0 Å². The van der Waals surface area contributed by atoms with Crippen LogP contribution in [0.25, 0.3) is 10.8 Å². The number of benzene rings is 2. The number of ether oxygens (including phenoxy) is 1. The fourth-order valence-corrected chi connectivity index (χ4v) is 4.39. The van der Waals surface area contributed by atoms with Gasteiger partial charge in [-0.2, -0.15) is 0 Å². The second-order valence-electron chi connectivity index (χ2n) is 8.13. The van der Waals surface area contributed by atoms with Crippen molar-refractivity contribution >= 4 is 39.8 Å². The molecule has 5 rings (SSSR count). The highest BCUT2D eigenvalue weighted by atomic mass is 35.5. The van der Waals surface area contributed by atoms with Crippen molar-refractivity contribution in [3.63, 3.8) is 0 Å². The number of rotatable bonds is 5. The van der Waals surface area contributed by atoms with Crippen molar-refractivity contribution in [2.75, 3.05) is 12.4 Å². The molecule has 1 aliphatic carbocycles. The van der Waals surface area contributed by atoms with Gasteiger partial charge in [-0.25, -0.2) is 9.97 Å². The van der Waals surface area contributed by atoms with Gasteiger partial charge in [0, 0.05) is 22.6 Å². The fraction of sp³-hybridized carbons (Fsp3) is 0.192. The minimum Gasteiger partial charge on any atom is -0.497 e. The lowest BCUT2D eigenvalue weighted by Crippen LogP contribution is -2.39. The first-order valence-corrected chi connectivity index (χ1v) is 11.2. The molecule has 0 bridgehead atoms. The van der Waals surface area contributed by atoms with E-state index in [1.165, 1.54) is 11.1 Å². The maximum atomic E-state index is 12.8. The third kappa shape index (κ3) is 4.61. The Hall–Kier alpha value is -3.64. The molecule has 1 atom stereocenters. The Morgan fingerprint density at radius 1 is 1.06 bits per heavy atom. The molecule has 0 saturated carbocycles. The van der Waals surface area contributed by atoms with Gasteiger partial charge in [0.1, 0.15) is 17.3 Å². The number of carbonyl (C=O) groups excluding carboxylic acids is 1. The zero-order valence-corrected chi connectivity index (χ0v) is 18.9. The lowest BCUT2D eigenvalue weighted by Gasteiger charge is -2.25. The number of nitrogens with one attached hydrogen (secondary N) is 2. The molecule has 0 radical (unpaired) electrons. The molecule has 0 aliphatic heterocycles. The van der Waals surface area contributed by atoms with E-state index < -0.39 is 0 Å². The summed E-state index contributed by atoms with van der Waals surface area (Å²) in [6.45, 7) is 0. The highest BCUT2D eigenvalue weighted by Gasteiger charge is 2.21. The average molecular weight is 459 g/mol.